The van der Waals surface area contributed by atoms with Crippen molar-refractivity contribution in [2.75, 3.05) is 20.0 Å². The number of rotatable bonds is 3. The van der Waals surface area contributed by atoms with Crippen LogP contribution in [0.15, 0.2) is 18.2 Å². The van der Waals surface area contributed by atoms with Crippen LogP contribution in [-0.2, 0) is 19.1 Å². The minimum Gasteiger partial charge on any atom is -0.468 e. The largest absolute Gasteiger partial charge is 0.468 e. The highest BCUT2D eigenvalue weighted by atomic mass is 19.1. The van der Waals surface area contributed by atoms with Crippen molar-refractivity contribution in [2.24, 2.45) is 0 Å². The fraction of sp³-hybridized carbons (Fsp3) is 0.467. The van der Waals surface area contributed by atoms with Crippen molar-refractivity contribution in [3.63, 3.8) is 0 Å². The predicted molar refractivity (Wildman–Crippen MR) is 80.3 cm³/mol. The van der Waals surface area contributed by atoms with Crippen molar-refractivity contribution in [1.29, 1.82) is 0 Å². The molecule has 0 fully saturated rings. The molecule has 0 saturated carbocycles. The topological polar surface area (TPSA) is 78.6 Å². The second-order valence-electron chi connectivity index (χ2n) is 3.26. The number of carbonyl (C=O) groups is 2. The van der Waals surface area contributed by atoms with Gasteiger partial charge in [0.25, 0.3) is 0 Å². The van der Waals surface area contributed by atoms with Gasteiger partial charge in [-0.05, 0) is 12.1 Å². The van der Waals surface area contributed by atoms with Gasteiger partial charge in [-0.25, -0.2) is 4.39 Å². The third-order valence-corrected chi connectivity index (χ3v) is 2.21. The third kappa shape index (κ3) is 6.25. The van der Waals surface area contributed by atoms with Gasteiger partial charge in [-0.3, -0.25) is 9.59 Å². The molecular formula is C15H24FNO4. The van der Waals surface area contributed by atoms with Crippen molar-refractivity contribution in [3.8, 4) is 0 Å². The molecule has 1 rings (SSSR count). The molecule has 2 N–H and O–H groups in total. The molecule has 0 unspecified atom stereocenters. The minimum absolute atomic E-state index is 0.127. The van der Waals surface area contributed by atoms with Crippen LogP contribution in [0.25, 0.3) is 0 Å². The number of ether oxygens (including phenoxy) is 2. The normalized spacial score (nSPS) is 8.76. The molecule has 0 saturated heterocycles. The minimum atomic E-state index is -1.44. The number of methoxy groups -OCH3 is 2. The summed E-state index contributed by atoms with van der Waals surface area (Å²) in [5.41, 5.74) is 5.44. The summed E-state index contributed by atoms with van der Waals surface area (Å²) in [6.45, 7) is 8.00. The lowest BCUT2D eigenvalue weighted by atomic mass is 9.98. The standard InChI is InChI=1S/C11H12FNO4.2C2H6/c1-16-10(14)9(11(15)17-2)7-4-3-6(13)5-8(7)12;2*1-2/h3-5,9H,13H2,1-2H3;2*1-2H3. The second-order valence-corrected chi connectivity index (χ2v) is 3.26. The summed E-state index contributed by atoms with van der Waals surface area (Å²) in [4.78, 5) is 22.9. The smallest absolute Gasteiger partial charge is 0.324 e. The summed E-state index contributed by atoms with van der Waals surface area (Å²) in [5, 5.41) is 0. The van der Waals surface area contributed by atoms with E-state index >= 15 is 0 Å². The monoisotopic (exact) mass is 301 g/mol. The van der Waals surface area contributed by atoms with E-state index in [1.807, 2.05) is 27.7 Å². The molecule has 0 heterocycles. The molecule has 0 spiro atoms. The van der Waals surface area contributed by atoms with Gasteiger partial charge in [0.1, 0.15) is 5.82 Å². The van der Waals surface area contributed by atoms with Gasteiger partial charge in [0.15, 0.2) is 5.92 Å². The zero-order valence-electron chi connectivity index (χ0n) is 13.4. The number of halogens is 1. The molecule has 0 aromatic heterocycles. The summed E-state index contributed by atoms with van der Waals surface area (Å²) in [6, 6.07) is 3.66. The number of carbonyl (C=O) groups excluding carboxylic acids is 2. The number of nitrogens with two attached hydrogens (primary N) is 1. The van der Waals surface area contributed by atoms with Crippen LogP contribution in [0.2, 0.25) is 0 Å². The van der Waals surface area contributed by atoms with Gasteiger partial charge in [0, 0.05) is 11.3 Å². The first-order valence-electron chi connectivity index (χ1n) is 6.71. The SMILES string of the molecule is CC.CC.COC(=O)C(C(=O)OC)c1ccc(N)cc1F. The first kappa shape index (κ1) is 21.2. The second kappa shape index (κ2) is 11.7. The summed E-state index contributed by atoms with van der Waals surface area (Å²) < 4.78 is 22.5. The maximum Gasteiger partial charge on any atom is 0.324 e. The van der Waals surface area contributed by atoms with Gasteiger partial charge in [0.2, 0.25) is 0 Å². The number of benzene rings is 1. The van der Waals surface area contributed by atoms with E-state index in [1.54, 1.807) is 0 Å². The van der Waals surface area contributed by atoms with E-state index in [0.717, 1.165) is 20.3 Å². The van der Waals surface area contributed by atoms with Crippen molar-refractivity contribution >= 4 is 17.6 Å². The van der Waals surface area contributed by atoms with Crippen LogP contribution >= 0.6 is 0 Å². The average Bonchev–Trinajstić information content (AvgIpc) is 2.53. The number of hydrogen-bond acceptors (Lipinski definition) is 5. The van der Waals surface area contributed by atoms with Gasteiger partial charge in [-0.15, -0.1) is 0 Å². The van der Waals surface area contributed by atoms with E-state index in [0.29, 0.717) is 0 Å². The molecule has 1 aromatic rings. The molecule has 120 valence electrons. The van der Waals surface area contributed by atoms with Crippen LogP contribution < -0.4 is 5.73 Å². The van der Waals surface area contributed by atoms with E-state index in [2.05, 4.69) is 9.47 Å². The fourth-order valence-corrected chi connectivity index (χ4v) is 1.36. The molecule has 0 aliphatic carbocycles. The van der Waals surface area contributed by atoms with Crippen molar-refractivity contribution in [3.05, 3.63) is 29.6 Å². The van der Waals surface area contributed by atoms with Crippen molar-refractivity contribution in [2.45, 2.75) is 33.6 Å². The molecule has 0 bridgehead atoms. The van der Waals surface area contributed by atoms with E-state index < -0.39 is 23.7 Å². The van der Waals surface area contributed by atoms with E-state index in [1.165, 1.54) is 12.1 Å². The highest BCUT2D eigenvalue weighted by Crippen LogP contribution is 2.23. The highest BCUT2D eigenvalue weighted by Gasteiger charge is 2.32. The van der Waals surface area contributed by atoms with Crippen LogP contribution in [0, 0.1) is 5.82 Å². The molecule has 6 heteroatoms. The van der Waals surface area contributed by atoms with Crippen LogP contribution in [0.1, 0.15) is 39.2 Å². The van der Waals surface area contributed by atoms with Crippen molar-refractivity contribution < 1.29 is 23.5 Å². The molecular weight excluding hydrogens is 277 g/mol. The Labute approximate surface area is 125 Å². The van der Waals surface area contributed by atoms with Gasteiger partial charge in [-0.2, -0.15) is 0 Å². The first-order valence-corrected chi connectivity index (χ1v) is 6.71. The van der Waals surface area contributed by atoms with Crippen molar-refractivity contribution in [1.82, 2.24) is 0 Å². The lowest BCUT2D eigenvalue weighted by Gasteiger charge is -2.13. The Morgan fingerprint density at radius 2 is 1.48 bits per heavy atom. The van der Waals surface area contributed by atoms with Gasteiger partial charge >= 0.3 is 11.9 Å². The van der Waals surface area contributed by atoms with Crippen LogP contribution in [0.4, 0.5) is 10.1 Å². The van der Waals surface area contributed by atoms with Crippen LogP contribution in [0.3, 0.4) is 0 Å². The van der Waals surface area contributed by atoms with Gasteiger partial charge in [-0.1, -0.05) is 33.8 Å². The van der Waals surface area contributed by atoms with Crippen LogP contribution in [-0.4, -0.2) is 26.2 Å². The average molecular weight is 301 g/mol. The van der Waals surface area contributed by atoms with Crippen LogP contribution in [0.5, 0.6) is 0 Å². The number of anilines is 1. The summed E-state index contributed by atoms with van der Waals surface area (Å²) in [7, 11) is 2.21. The molecule has 0 atom stereocenters. The maximum absolute atomic E-state index is 13.6. The summed E-state index contributed by atoms with van der Waals surface area (Å²) >= 11 is 0. The Morgan fingerprint density at radius 3 is 1.81 bits per heavy atom. The zero-order valence-corrected chi connectivity index (χ0v) is 13.4. The molecule has 0 radical (unpaired) electrons. The maximum atomic E-state index is 13.6. The molecule has 21 heavy (non-hydrogen) atoms. The number of nitrogen functional groups attached to an aromatic ring is 1. The highest BCUT2D eigenvalue weighted by molar-refractivity contribution is 6.00. The van der Waals surface area contributed by atoms with E-state index in [4.69, 9.17) is 5.73 Å². The fourth-order valence-electron chi connectivity index (χ4n) is 1.36. The molecule has 0 aliphatic rings. The summed E-state index contributed by atoms with van der Waals surface area (Å²) in [5.74, 6) is -3.97. The number of hydrogen-bond donors (Lipinski definition) is 1. The Balaban J connectivity index is 0. The Bertz CT molecular complexity index is 433. The van der Waals surface area contributed by atoms with E-state index in [-0.39, 0.29) is 11.3 Å². The Kier molecular flexibility index (Phi) is 11.8. The lowest BCUT2D eigenvalue weighted by Crippen LogP contribution is -2.25. The molecule has 1 aromatic carbocycles. The quantitative estimate of drug-likeness (QED) is 0.527. The zero-order chi connectivity index (χ0) is 17.0. The predicted octanol–water partition coefficient (Wildman–Crippen LogP) is 2.89. The third-order valence-electron chi connectivity index (χ3n) is 2.21. The molecule has 0 aliphatic heterocycles. The Morgan fingerprint density at radius 1 is 1.05 bits per heavy atom. The van der Waals surface area contributed by atoms with Gasteiger partial charge in [0.05, 0.1) is 14.2 Å². The van der Waals surface area contributed by atoms with E-state index in [9.17, 15) is 14.0 Å². The lowest BCUT2D eigenvalue weighted by molar-refractivity contribution is -0.154. The first-order chi connectivity index (χ1) is 10.0. The molecule has 5 nitrogen and oxygen atoms in total. The Hall–Kier alpha value is -2.11. The van der Waals surface area contributed by atoms with Gasteiger partial charge < -0.3 is 15.2 Å². The molecule has 0 amide bonds. The summed E-state index contributed by atoms with van der Waals surface area (Å²) in [6.07, 6.45) is 0. The number of esters is 2.